The maximum Gasteiger partial charge on any atom is 0.214 e. The maximum atomic E-state index is 9.39. The van der Waals surface area contributed by atoms with E-state index >= 15 is 0 Å². The molecule has 0 unspecified atom stereocenters. The minimum Gasteiger partial charge on any atom is -0.448 e. The molecule has 0 aliphatic carbocycles. The van der Waals surface area contributed by atoms with Crippen LogP contribution < -0.4 is 0 Å². The van der Waals surface area contributed by atoms with Gasteiger partial charge in [-0.1, -0.05) is 6.92 Å². The summed E-state index contributed by atoms with van der Waals surface area (Å²) in [5.74, 6) is -2.01. The fraction of sp³-hybridized carbons (Fsp3) is 0.636. The summed E-state index contributed by atoms with van der Waals surface area (Å²) >= 11 is 0. The number of fused-ring (bicyclic) bond motifs is 2. The van der Waals surface area contributed by atoms with Gasteiger partial charge in [-0.05, 0) is 0 Å². The van der Waals surface area contributed by atoms with E-state index in [0.29, 0.717) is 0 Å². The van der Waals surface area contributed by atoms with E-state index in [-0.39, 0.29) is 12.5 Å². The van der Waals surface area contributed by atoms with Gasteiger partial charge in [-0.3, -0.25) is 5.41 Å². The van der Waals surface area contributed by atoms with Crippen LogP contribution >= 0.6 is 0 Å². The van der Waals surface area contributed by atoms with E-state index in [2.05, 4.69) is 0 Å². The molecule has 0 aromatic heterocycles. The molecule has 17 heavy (non-hydrogen) atoms. The van der Waals surface area contributed by atoms with Gasteiger partial charge in [-0.15, -0.1) is 0 Å². The van der Waals surface area contributed by atoms with Gasteiger partial charge in [-0.2, -0.15) is 15.8 Å². The van der Waals surface area contributed by atoms with Crippen LogP contribution in [-0.2, 0) is 9.47 Å². The summed E-state index contributed by atoms with van der Waals surface area (Å²) < 4.78 is 10.7. The minimum atomic E-state index is -1.69. The predicted molar refractivity (Wildman–Crippen MR) is 54.0 cm³/mol. The predicted octanol–water partition coefficient (Wildman–Crippen LogP) is 0.920. The first-order valence-electron chi connectivity index (χ1n) is 5.08. The van der Waals surface area contributed by atoms with Crippen molar-refractivity contribution in [1.29, 1.82) is 21.2 Å². The first-order valence-corrected chi connectivity index (χ1v) is 5.08. The van der Waals surface area contributed by atoms with Gasteiger partial charge in [0, 0.05) is 6.92 Å². The Morgan fingerprint density at radius 1 is 1.29 bits per heavy atom. The Morgan fingerprint density at radius 2 is 1.88 bits per heavy atom. The van der Waals surface area contributed by atoms with Crippen LogP contribution in [0.3, 0.4) is 0 Å². The summed E-state index contributed by atoms with van der Waals surface area (Å²) in [6.07, 6.45) is 0. The molecular weight excluding hydrogens is 220 g/mol. The molecule has 2 bridgehead atoms. The Bertz CT molecular complexity index is 509. The van der Waals surface area contributed by atoms with Crippen molar-refractivity contribution in [3.05, 3.63) is 0 Å². The van der Waals surface area contributed by atoms with Crippen LogP contribution in [0.5, 0.6) is 0 Å². The van der Waals surface area contributed by atoms with E-state index in [1.807, 2.05) is 18.2 Å². The number of hydrogen-bond acceptors (Lipinski definition) is 6. The zero-order chi connectivity index (χ0) is 12.9. The molecule has 1 N–H and O–H groups in total. The Balaban J connectivity index is 2.74. The zero-order valence-electron chi connectivity index (χ0n) is 9.44. The molecule has 0 radical (unpaired) electrons. The average Bonchev–Trinajstić information content (AvgIpc) is 2.46. The Hall–Kier alpha value is -2.10. The zero-order valence-corrected chi connectivity index (χ0v) is 9.44. The standard InChI is InChI=1S/C11H10N4O2/c1-7-9(2)16-6-10(3-12,4-13)11(7,5-14)8(15)17-9/h7,15H,6H2,1-2H3/t7-,9+,11-/m0/s1. The molecule has 0 aromatic carbocycles. The Kier molecular flexibility index (Phi) is 1.99. The summed E-state index contributed by atoms with van der Waals surface area (Å²) in [7, 11) is 0. The molecule has 2 rings (SSSR count). The van der Waals surface area contributed by atoms with Gasteiger partial charge in [0.15, 0.2) is 10.8 Å². The molecule has 2 aliphatic rings. The highest BCUT2D eigenvalue weighted by molar-refractivity contribution is 5.88. The van der Waals surface area contributed by atoms with Crippen LogP contribution in [0.1, 0.15) is 13.8 Å². The van der Waals surface area contributed by atoms with Crippen LogP contribution in [0.25, 0.3) is 0 Å². The first-order chi connectivity index (χ1) is 7.92. The number of rotatable bonds is 0. The second-order valence-corrected chi connectivity index (χ2v) is 4.51. The Morgan fingerprint density at radius 3 is 2.35 bits per heavy atom. The number of nitrogens with zero attached hydrogens (tertiary/aromatic N) is 3. The molecule has 0 saturated carbocycles. The molecule has 2 saturated heterocycles. The molecule has 2 fully saturated rings. The SMILES string of the molecule is C[C@H]1[C@]2(C)OCC(C#N)(C#N)[C@]1(C#N)C(=N)O2. The maximum absolute atomic E-state index is 9.39. The van der Waals surface area contributed by atoms with Crippen molar-refractivity contribution in [3.8, 4) is 18.2 Å². The number of nitriles is 3. The van der Waals surface area contributed by atoms with Crippen molar-refractivity contribution in [2.24, 2.45) is 16.7 Å². The molecule has 86 valence electrons. The highest BCUT2D eigenvalue weighted by Crippen LogP contribution is 2.59. The van der Waals surface area contributed by atoms with Gasteiger partial charge in [-0.25, -0.2) is 0 Å². The molecule has 3 atom stereocenters. The van der Waals surface area contributed by atoms with Gasteiger partial charge in [0.2, 0.25) is 11.7 Å². The van der Waals surface area contributed by atoms with E-state index < -0.39 is 22.5 Å². The van der Waals surface area contributed by atoms with Gasteiger partial charge in [0.05, 0.1) is 30.7 Å². The van der Waals surface area contributed by atoms with Crippen LogP contribution in [0.15, 0.2) is 0 Å². The summed E-state index contributed by atoms with van der Waals surface area (Å²) in [6, 6.07) is 5.62. The third-order valence-corrected chi connectivity index (χ3v) is 3.91. The van der Waals surface area contributed by atoms with Crippen LogP contribution in [0, 0.1) is 56.2 Å². The van der Waals surface area contributed by atoms with Crippen molar-refractivity contribution in [3.63, 3.8) is 0 Å². The van der Waals surface area contributed by atoms with Gasteiger partial charge in [0.1, 0.15) is 0 Å². The van der Waals surface area contributed by atoms with Crippen molar-refractivity contribution in [2.45, 2.75) is 19.6 Å². The molecular formula is C11H10N4O2. The third kappa shape index (κ3) is 0.934. The van der Waals surface area contributed by atoms with E-state index in [4.69, 9.17) is 14.9 Å². The molecule has 6 nitrogen and oxygen atoms in total. The molecule has 2 heterocycles. The van der Waals surface area contributed by atoms with Crippen LogP contribution in [0.4, 0.5) is 0 Å². The largest absolute Gasteiger partial charge is 0.448 e. The van der Waals surface area contributed by atoms with Gasteiger partial charge < -0.3 is 9.47 Å². The van der Waals surface area contributed by atoms with Crippen LogP contribution in [-0.4, -0.2) is 18.3 Å². The molecule has 6 heteroatoms. The fourth-order valence-corrected chi connectivity index (χ4v) is 2.55. The number of ether oxygens (including phenoxy) is 2. The molecule has 2 aliphatic heterocycles. The average molecular weight is 230 g/mol. The Labute approximate surface area is 98.5 Å². The van der Waals surface area contributed by atoms with Crippen LogP contribution in [0.2, 0.25) is 0 Å². The minimum absolute atomic E-state index is 0.225. The van der Waals surface area contributed by atoms with Crippen molar-refractivity contribution in [1.82, 2.24) is 0 Å². The molecule has 0 spiro atoms. The number of hydrogen-bond donors (Lipinski definition) is 1. The molecule has 0 aromatic rings. The highest BCUT2D eigenvalue weighted by atomic mass is 16.7. The lowest BCUT2D eigenvalue weighted by atomic mass is 9.57. The lowest BCUT2D eigenvalue weighted by Gasteiger charge is -2.42. The third-order valence-electron chi connectivity index (χ3n) is 3.91. The van der Waals surface area contributed by atoms with Crippen molar-refractivity contribution < 1.29 is 9.47 Å². The van der Waals surface area contributed by atoms with E-state index in [1.165, 1.54) is 0 Å². The van der Waals surface area contributed by atoms with Gasteiger partial charge in [0.25, 0.3) is 0 Å². The summed E-state index contributed by atoms with van der Waals surface area (Å²) in [4.78, 5) is 0. The first kappa shape index (κ1) is 11.4. The van der Waals surface area contributed by atoms with Crippen molar-refractivity contribution >= 4 is 5.90 Å². The fourth-order valence-electron chi connectivity index (χ4n) is 2.55. The summed E-state index contributed by atoms with van der Waals surface area (Å²) in [5, 5.41) is 35.7. The number of nitrogens with one attached hydrogen (secondary N) is 1. The quantitative estimate of drug-likeness (QED) is 0.664. The van der Waals surface area contributed by atoms with E-state index in [0.717, 1.165) is 0 Å². The lowest BCUT2D eigenvalue weighted by molar-refractivity contribution is -0.230. The summed E-state index contributed by atoms with van der Waals surface area (Å²) in [6.45, 7) is 3.05. The van der Waals surface area contributed by atoms with E-state index in [9.17, 15) is 15.8 Å². The van der Waals surface area contributed by atoms with E-state index in [1.54, 1.807) is 13.8 Å². The highest BCUT2D eigenvalue weighted by Gasteiger charge is 2.74. The second kappa shape index (κ2) is 2.97. The second-order valence-electron chi connectivity index (χ2n) is 4.51. The monoisotopic (exact) mass is 230 g/mol. The van der Waals surface area contributed by atoms with Crippen molar-refractivity contribution in [2.75, 3.05) is 6.61 Å². The lowest BCUT2D eigenvalue weighted by Crippen LogP contribution is -2.56. The normalized spacial score (nSPS) is 41.8. The smallest absolute Gasteiger partial charge is 0.214 e. The topological polar surface area (TPSA) is 114 Å². The van der Waals surface area contributed by atoms with Gasteiger partial charge >= 0.3 is 0 Å². The molecule has 0 amide bonds. The summed E-state index contributed by atoms with van der Waals surface area (Å²) in [5.41, 5.74) is -3.24.